The summed E-state index contributed by atoms with van der Waals surface area (Å²) in [7, 11) is -4.04. The number of hydrogen-bond acceptors (Lipinski definition) is 3. The van der Waals surface area contributed by atoms with E-state index in [9.17, 15) is 26.4 Å². The van der Waals surface area contributed by atoms with Crippen LogP contribution in [0.4, 0.5) is 18.9 Å². The zero-order chi connectivity index (χ0) is 19.5. The maximum absolute atomic E-state index is 13.0. The van der Waals surface area contributed by atoms with E-state index in [1.165, 1.54) is 43.3 Å². The van der Waals surface area contributed by atoms with Gasteiger partial charge in [-0.1, -0.05) is 23.7 Å². The van der Waals surface area contributed by atoms with Crippen LogP contribution in [0.15, 0.2) is 53.4 Å². The molecule has 140 valence electrons. The van der Waals surface area contributed by atoms with Gasteiger partial charge in [-0.3, -0.25) is 4.79 Å². The van der Waals surface area contributed by atoms with Gasteiger partial charge in [0.1, 0.15) is 0 Å². The number of alkyl halides is 3. The first-order chi connectivity index (χ1) is 12.0. The van der Waals surface area contributed by atoms with E-state index in [2.05, 4.69) is 10.0 Å². The number of para-hydroxylation sites is 1. The van der Waals surface area contributed by atoms with Crippen molar-refractivity contribution in [2.75, 3.05) is 5.32 Å². The van der Waals surface area contributed by atoms with Crippen LogP contribution in [0, 0.1) is 0 Å². The number of hydrogen-bond donors (Lipinski definition) is 2. The number of anilines is 1. The minimum atomic E-state index is -4.66. The molecule has 0 radical (unpaired) electrons. The van der Waals surface area contributed by atoms with Gasteiger partial charge in [0, 0.05) is 5.02 Å². The molecule has 0 aliphatic heterocycles. The van der Waals surface area contributed by atoms with Crippen LogP contribution in [0.1, 0.15) is 12.5 Å². The van der Waals surface area contributed by atoms with Crippen LogP contribution in [0.2, 0.25) is 5.02 Å². The molecule has 0 aliphatic rings. The van der Waals surface area contributed by atoms with Gasteiger partial charge in [0.2, 0.25) is 15.9 Å². The highest BCUT2D eigenvalue weighted by atomic mass is 35.5. The first kappa shape index (κ1) is 20.2. The molecule has 0 aliphatic carbocycles. The molecular formula is C16H14ClF3N2O3S. The molecular weight excluding hydrogens is 393 g/mol. The molecule has 0 unspecified atom stereocenters. The number of benzene rings is 2. The Bertz CT molecular complexity index is 900. The van der Waals surface area contributed by atoms with Crippen molar-refractivity contribution in [3.8, 4) is 0 Å². The molecule has 5 nitrogen and oxygen atoms in total. The summed E-state index contributed by atoms with van der Waals surface area (Å²) in [5.74, 6) is -0.931. The fraction of sp³-hybridized carbons (Fsp3) is 0.188. The highest BCUT2D eigenvalue weighted by Gasteiger charge is 2.34. The van der Waals surface area contributed by atoms with Gasteiger partial charge in [-0.25, -0.2) is 8.42 Å². The Morgan fingerprint density at radius 1 is 1.08 bits per heavy atom. The molecule has 2 rings (SSSR count). The smallest absolute Gasteiger partial charge is 0.324 e. The molecule has 1 amide bonds. The first-order valence-corrected chi connectivity index (χ1v) is 9.12. The Balaban J connectivity index is 2.15. The topological polar surface area (TPSA) is 75.3 Å². The summed E-state index contributed by atoms with van der Waals surface area (Å²) in [6.07, 6.45) is -4.66. The van der Waals surface area contributed by atoms with E-state index in [-0.39, 0.29) is 4.90 Å². The van der Waals surface area contributed by atoms with E-state index in [0.717, 1.165) is 12.1 Å². The lowest BCUT2D eigenvalue weighted by atomic mass is 10.1. The molecule has 0 fully saturated rings. The first-order valence-electron chi connectivity index (χ1n) is 7.26. The predicted molar refractivity (Wildman–Crippen MR) is 91.3 cm³/mol. The third kappa shape index (κ3) is 4.96. The molecule has 0 bridgehead atoms. The molecule has 26 heavy (non-hydrogen) atoms. The number of halogens is 4. The minimum Gasteiger partial charge on any atom is -0.324 e. The van der Waals surface area contributed by atoms with Gasteiger partial charge in [0.05, 0.1) is 22.2 Å². The second kappa shape index (κ2) is 7.65. The van der Waals surface area contributed by atoms with E-state index in [1.807, 2.05) is 0 Å². The highest BCUT2D eigenvalue weighted by Crippen LogP contribution is 2.34. The molecule has 2 N–H and O–H groups in total. The van der Waals surface area contributed by atoms with Gasteiger partial charge in [-0.15, -0.1) is 0 Å². The average Bonchev–Trinajstić information content (AvgIpc) is 2.54. The van der Waals surface area contributed by atoms with Crippen molar-refractivity contribution < 1.29 is 26.4 Å². The molecule has 0 saturated carbocycles. The lowest BCUT2D eigenvalue weighted by Crippen LogP contribution is -2.41. The Labute approximate surface area is 153 Å². The van der Waals surface area contributed by atoms with Crippen LogP contribution in [-0.2, 0) is 21.0 Å². The second-order valence-electron chi connectivity index (χ2n) is 5.33. The Morgan fingerprint density at radius 2 is 1.65 bits per heavy atom. The third-order valence-electron chi connectivity index (χ3n) is 3.34. The van der Waals surface area contributed by atoms with E-state index in [4.69, 9.17) is 11.6 Å². The van der Waals surface area contributed by atoms with Crippen molar-refractivity contribution in [2.24, 2.45) is 0 Å². The zero-order valence-electron chi connectivity index (χ0n) is 13.3. The van der Waals surface area contributed by atoms with E-state index >= 15 is 0 Å². The maximum Gasteiger partial charge on any atom is 0.418 e. The lowest BCUT2D eigenvalue weighted by Gasteiger charge is -2.17. The van der Waals surface area contributed by atoms with Crippen LogP contribution in [-0.4, -0.2) is 20.4 Å². The largest absolute Gasteiger partial charge is 0.418 e. The molecule has 10 heteroatoms. The quantitative estimate of drug-likeness (QED) is 0.795. The van der Waals surface area contributed by atoms with Crippen LogP contribution >= 0.6 is 11.6 Å². The van der Waals surface area contributed by atoms with Crippen molar-refractivity contribution in [1.82, 2.24) is 4.72 Å². The van der Waals surface area contributed by atoms with Crippen molar-refractivity contribution in [1.29, 1.82) is 0 Å². The summed E-state index contributed by atoms with van der Waals surface area (Å²) in [4.78, 5) is 12.0. The van der Waals surface area contributed by atoms with E-state index < -0.39 is 39.4 Å². The van der Waals surface area contributed by atoms with Gasteiger partial charge in [-0.2, -0.15) is 17.9 Å². The summed E-state index contributed by atoms with van der Waals surface area (Å²) in [5.41, 5.74) is -1.48. The summed E-state index contributed by atoms with van der Waals surface area (Å²) in [6, 6.07) is 8.32. The fourth-order valence-electron chi connectivity index (χ4n) is 2.05. The SMILES string of the molecule is C[C@H](NS(=O)(=O)c1ccc(Cl)cc1)C(=O)Nc1ccccc1C(F)(F)F. The molecule has 0 spiro atoms. The minimum absolute atomic E-state index is 0.128. The lowest BCUT2D eigenvalue weighted by molar-refractivity contribution is -0.137. The Morgan fingerprint density at radius 3 is 2.23 bits per heavy atom. The zero-order valence-corrected chi connectivity index (χ0v) is 14.9. The van der Waals surface area contributed by atoms with Crippen molar-refractivity contribution in [2.45, 2.75) is 24.0 Å². The fourth-order valence-corrected chi connectivity index (χ4v) is 3.38. The third-order valence-corrected chi connectivity index (χ3v) is 5.15. The highest BCUT2D eigenvalue weighted by molar-refractivity contribution is 7.89. The maximum atomic E-state index is 13.0. The summed E-state index contributed by atoms with van der Waals surface area (Å²) in [5, 5.41) is 2.42. The summed E-state index contributed by atoms with van der Waals surface area (Å²) >= 11 is 5.69. The summed E-state index contributed by atoms with van der Waals surface area (Å²) in [6.45, 7) is 1.22. The number of amides is 1. The van der Waals surface area contributed by atoms with Gasteiger partial charge >= 0.3 is 6.18 Å². The van der Waals surface area contributed by atoms with Gasteiger partial charge in [0.15, 0.2) is 0 Å². The molecule has 1 atom stereocenters. The monoisotopic (exact) mass is 406 g/mol. The molecule has 2 aromatic carbocycles. The van der Waals surface area contributed by atoms with Crippen LogP contribution < -0.4 is 10.0 Å². The molecule has 2 aromatic rings. The van der Waals surface area contributed by atoms with Crippen molar-refractivity contribution in [3.05, 3.63) is 59.1 Å². The van der Waals surface area contributed by atoms with Gasteiger partial charge in [0.25, 0.3) is 0 Å². The van der Waals surface area contributed by atoms with Crippen LogP contribution in [0.25, 0.3) is 0 Å². The Hall–Kier alpha value is -2.10. The number of sulfonamides is 1. The van der Waals surface area contributed by atoms with E-state index in [1.54, 1.807) is 0 Å². The molecule has 0 heterocycles. The number of carbonyl (C=O) groups is 1. The molecule has 0 aromatic heterocycles. The van der Waals surface area contributed by atoms with Gasteiger partial charge in [-0.05, 0) is 43.3 Å². The molecule has 0 saturated heterocycles. The van der Waals surface area contributed by atoms with Crippen LogP contribution in [0.5, 0.6) is 0 Å². The number of nitrogens with one attached hydrogen (secondary N) is 2. The normalized spacial score (nSPS) is 13.3. The van der Waals surface area contributed by atoms with Crippen molar-refractivity contribution in [3.63, 3.8) is 0 Å². The number of carbonyl (C=O) groups excluding carboxylic acids is 1. The average molecular weight is 407 g/mol. The summed E-state index contributed by atoms with van der Waals surface area (Å²) < 4.78 is 65.4. The number of rotatable bonds is 5. The Kier molecular flexibility index (Phi) is 5.94. The van der Waals surface area contributed by atoms with Crippen LogP contribution in [0.3, 0.4) is 0 Å². The predicted octanol–water partition coefficient (Wildman–Crippen LogP) is 3.66. The van der Waals surface area contributed by atoms with Crippen molar-refractivity contribution >= 4 is 33.2 Å². The standard InChI is InChI=1S/C16H14ClF3N2O3S/c1-10(22-26(24,25)12-8-6-11(17)7-9-12)15(23)21-14-5-3-2-4-13(14)16(18,19)20/h2-10,22H,1H3,(H,21,23)/t10-/m0/s1. The second-order valence-corrected chi connectivity index (χ2v) is 7.48. The van der Waals surface area contributed by atoms with Gasteiger partial charge < -0.3 is 5.32 Å². The van der Waals surface area contributed by atoms with E-state index in [0.29, 0.717) is 5.02 Å².